The van der Waals surface area contributed by atoms with Crippen LogP contribution < -0.4 is 20.7 Å². The van der Waals surface area contributed by atoms with E-state index in [1.165, 1.54) is 7.11 Å². The van der Waals surface area contributed by atoms with E-state index >= 15 is 0 Å². The van der Waals surface area contributed by atoms with Crippen molar-refractivity contribution in [3.8, 4) is 5.75 Å². The molecule has 3 aliphatic rings. The largest absolute Gasteiger partial charge is 0.496 e. The minimum atomic E-state index is -3.05. The molecule has 0 bridgehead atoms. The summed E-state index contributed by atoms with van der Waals surface area (Å²) >= 11 is 0. The maximum absolute atomic E-state index is 14.7. The van der Waals surface area contributed by atoms with Gasteiger partial charge in [0.1, 0.15) is 17.5 Å². The lowest BCUT2D eigenvalue weighted by Crippen LogP contribution is -2.53. The molecule has 6 rings (SSSR count). The number of hydrogen-bond acceptors (Lipinski definition) is 6. The number of carbonyl (C=O) groups is 5. The molecule has 1 aliphatic carbocycles. The lowest BCUT2D eigenvalue weighted by Gasteiger charge is -2.27. The summed E-state index contributed by atoms with van der Waals surface area (Å²) in [5, 5.41) is 8.60. The molecule has 0 unspecified atom stereocenters. The minimum absolute atomic E-state index is 0.0226. The van der Waals surface area contributed by atoms with Crippen LogP contribution in [-0.4, -0.2) is 77.5 Å². The van der Waals surface area contributed by atoms with Gasteiger partial charge in [-0.2, -0.15) is 0 Å². The topological polar surface area (TPSA) is 150 Å². The van der Waals surface area contributed by atoms with Crippen LogP contribution in [0.15, 0.2) is 54.6 Å². The summed E-state index contributed by atoms with van der Waals surface area (Å²) < 4.78 is 34.7. The first-order chi connectivity index (χ1) is 22.5. The van der Waals surface area contributed by atoms with E-state index in [1.54, 1.807) is 48.5 Å². The summed E-state index contributed by atoms with van der Waals surface area (Å²) in [6.45, 7) is 0.286. The number of carbonyl (C=O) groups excluding carboxylic acids is 5. The van der Waals surface area contributed by atoms with Crippen molar-refractivity contribution in [2.24, 2.45) is 11.3 Å². The molecular formula is C34H37F2N5O6. The zero-order chi connectivity index (χ0) is 33.3. The monoisotopic (exact) mass is 649 g/mol. The van der Waals surface area contributed by atoms with Crippen LogP contribution in [0.5, 0.6) is 5.75 Å². The third-order valence-corrected chi connectivity index (χ3v) is 9.64. The number of hydrogen-bond donors (Lipinski definition) is 4. The van der Waals surface area contributed by atoms with Crippen molar-refractivity contribution in [3.63, 3.8) is 0 Å². The van der Waals surface area contributed by atoms with Gasteiger partial charge < -0.3 is 30.6 Å². The Morgan fingerprint density at radius 3 is 2.57 bits per heavy atom. The highest BCUT2D eigenvalue weighted by molar-refractivity contribution is 6.38. The smallest absolute Gasteiger partial charge is 0.289 e. The highest BCUT2D eigenvalue weighted by atomic mass is 19.3. The summed E-state index contributed by atoms with van der Waals surface area (Å²) in [7, 11) is 1.49. The second kappa shape index (κ2) is 12.8. The molecule has 4 amide bonds. The summed E-state index contributed by atoms with van der Waals surface area (Å²) in [6, 6.07) is 13.1. The van der Waals surface area contributed by atoms with E-state index in [1.807, 2.05) is 6.07 Å². The van der Waals surface area contributed by atoms with Crippen LogP contribution in [0.4, 0.5) is 8.78 Å². The number of methoxy groups -OCH3 is 1. The Balaban J connectivity index is 1.22. The Hall–Kier alpha value is -4.81. The first-order valence-electron chi connectivity index (χ1n) is 15.8. The molecule has 13 heteroatoms. The number of alkyl halides is 2. The molecule has 47 heavy (non-hydrogen) atoms. The van der Waals surface area contributed by atoms with Gasteiger partial charge in [-0.05, 0) is 55.9 Å². The van der Waals surface area contributed by atoms with Gasteiger partial charge in [-0.15, -0.1) is 0 Å². The second-order valence-electron chi connectivity index (χ2n) is 12.7. The van der Waals surface area contributed by atoms with E-state index in [0.717, 1.165) is 16.9 Å². The number of piperidine rings is 1. The van der Waals surface area contributed by atoms with Crippen LogP contribution in [0.3, 0.4) is 0 Å². The Bertz CT molecular complexity index is 1710. The van der Waals surface area contributed by atoms with Gasteiger partial charge in [0.2, 0.25) is 17.6 Å². The van der Waals surface area contributed by atoms with Gasteiger partial charge >= 0.3 is 0 Å². The Morgan fingerprint density at radius 1 is 1.11 bits per heavy atom. The van der Waals surface area contributed by atoms with E-state index < -0.39 is 59.3 Å². The number of nitrogens with zero attached hydrogens (tertiary/aromatic N) is 1. The molecule has 11 nitrogen and oxygen atoms in total. The van der Waals surface area contributed by atoms with Gasteiger partial charge in [0, 0.05) is 42.9 Å². The highest BCUT2D eigenvalue weighted by Gasteiger charge is 2.75. The average molecular weight is 650 g/mol. The molecule has 3 fully saturated rings. The Kier molecular flexibility index (Phi) is 8.73. The van der Waals surface area contributed by atoms with Gasteiger partial charge in [-0.1, -0.05) is 36.4 Å². The van der Waals surface area contributed by atoms with Gasteiger partial charge in [-0.25, -0.2) is 8.78 Å². The van der Waals surface area contributed by atoms with Crippen LogP contribution in [0.2, 0.25) is 0 Å². The maximum Gasteiger partial charge on any atom is 0.289 e. The van der Waals surface area contributed by atoms with Crippen molar-refractivity contribution in [1.82, 2.24) is 25.8 Å². The van der Waals surface area contributed by atoms with Crippen LogP contribution >= 0.6 is 0 Å². The number of ether oxygens (including phenoxy) is 1. The zero-order valence-corrected chi connectivity index (χ0v) is 25.9. The summed E-state index contributed by atoms with van der Waals surface area (Å²) in [5.74, 6) is -6.41. The lowest BCUT2D eigenvalue weighted by molar-refractivity contribution is -0.140. The average Bonchev–Trinajstić information content (AvgIpc) is 3.40. The molecule has 248 valence electrons. The van der Waals surface area contributed by atoms with Crippen molar-refractivity contribution in [1.29, 1.82) is 0 Å². The summed E-state index contributed by atoms with van der Waals surface area (Å²) in [6.07, 6.45) is 0.793. The van der Waals surface area contributed by atoms with Gasteiger partial charge in [0.25, 0.3) is 17.7 Å². The summed E-state index contributed by atoms with van der Waals surface area (Å²) in [5.41, 5.74) is -0.0995. The molecule has 1 spiro atoms. The predicted molar refractivity (Wildman–Crippen MR) is 166 cm³/mol. The van der Waals surface area contributed by atoms with Crippen LogP contribution in [0.25, 0.3) is 10.9 Å². The molecule has 1 aromatic heterocycles. The molecule has 2 aliphatic heterocycles. The van der Waals surface area contributed by atoms with Crippen LogP contribution in [0, 0.1) is 11.3 Å². The number of ketones is 1. The molecule has 3 aromatic rings. The van der Waals surface area contributed by atoms with E-state index in [0.29, 0.717) is 29.6 Å². The number of halogens is 2. The fraction of sp³-hybridized carbons (Fsp3) is 0.441. The Labute approximate surface area is 269 Å². The first kappa shape index (κ1) is 32.1. The zero-order valence-electron chi connectivity index (χ0n) is 25.9. The number of benzene rings is 2. The van der Waals surface area contributed by atoms with Crippen molar-refractivity contribution in [2.45, 2.75) is 63.1 Å². The fourth-order valence-electron chi connectivity index (χ4n) is 6.82. The first-order valence-corrected chi connectivity index (χ1v) is 15.8. The second-order valence-corrected chi connectivity index (χ2v) is 12.7. The van der Waals surface area contributed by atoms with E-state index in [2.05, 4.69) is 20.9 Å². The fourth-order valence-corrected chi connectivity index (χ4v) is 6.82. The normalized spacial score (nSPS) is 23.6. The lowest BCUT2D eigenvalue weighted by atomic mass is 9.90. The number of aromatic nitrogens is 1. The molecule has 3 heterocycles. The quantitative estimate of drug-likeness (QED) is 0.235. The van der Waals surface area contributed by atoms with Crippen molar-refractivity contribution in [3.05, 3.63) is 65.9 Å². The molecule has 4 N–H and O–H groups in total. The molecule has 2 aromatic carbocycles. The van der Waals surface area contributed by atoms with E-state index in [-0.39, 0.29) is 44.0 Å². The van der Waals surface area contributed by atoms with Gasteiger partial charge in [0.15, 0.2) is 0 Å². The van der Waals surface area contributed by atoms with Crippen molar-refractivity contribution in [2.75, 3.05) is 20.2 Å². The summed E-state index contributed by atoms with van der Waals surface area (Å²) in [4.78, 5) is 70.7. The molecular weight excluding hydrogens is 612 g/mol. The van der Waals surface area contributed by atoms with Crippen molar-refractivity contribution < 1.29 is 37.5 Å². The molecule has 0 radical (unpaired) electrons. The van der Waals surface area contributed by atoms with E-state index in [9.17, 15) is 32.8 Å². The molecule has 1 saturated carbocycles. The van der Waals surface area contributed by atoms with Crippen molar-refractivity contribution >= 4 is 40.3 Å². The Morgan fingerprint density at radius 2 is 1.87 bits per heavy atom. The number of H-pyrrole nitrogens is 1. The third-order valence-electron chi connectivity index (χ3n) is 9.64. The van der Waals surface area contributed by atoms with E-state index in [4.69, 9.17) is 4.74 Å². The number of fused-ring (bicyclic) bond motifs is 1. The molecule has 4 atom stereocenters. The predicted octanol–water partition coefficient (Wildman–Crippen LogP) is 3.09. The van der Waals surface area contributed by atoms with Crippen LogP contribution in [-0.2, 0) is 25.7 Å². The third kappa shape index (κ3) is 6.43. The maximum atomic E-state index is 14.7. The highest BCUT2D eigenvalue weighted by Crippen LogP contribution is 2.66. The number of aromatic amines is 1. The number of rotatable bonds is 11. The van der Waals surface area contributed by atoms with Gasteiger partial charge in [-0.3, -0.25) is 24.0 Å². The molecule has 2 saturated heterocycles. The standard InChI is InChI=1S/C34H37F2N5O6/c1-47-27-11-5-10-23-22(27)15-25(39-23)32(46)41-19-33(18-34(33,35)36)16-26(41)30(44)40-24(13-12-21-9-6-14-37-29(21)43)28(42)31(45)38-17-20-7-3-2-4-8-20/h2-5,7-8,10-11,15,21,24,26,39H,6,9,12-14,16-19H2,1H3,(H,37,43)(H,38,45)(H,40,44)/t21-,24-,26-,33-/m0/s1. The SMILES string of the molecule is COc1cccc2[nH]c(C(=O)N3C[C@]4(C[C@H]3C(=O)N[C@@H](CC[C@@H]3CCCNC3=O)C(=O)C(=O)NCc3ccccc3)CC4(F)F)cc12. The number of likely N-dealkylation sites (tertiary alicyclic amines) is 1. The number of amides is 4. The van der Waals surface area contributed by atoms with Crippen LogP contribution in [0.1, 0.15) is 54.6 Å². The minimum Gasteiger partial charge on any atom is -0.496 e. The van der Waals surface area contributed by atoms with Gasteiger partial charge in [0.05, 0.1) is 18.6 Å². The number of nitrogens with one attached hydrogen (secondary N) is 4. The number of Topliss-reactive ketones (excluding diaryl/α,β-unsaturated/α-hetero) is 1.